The Morgan fingerprint density at radius 3 is 2.65 bits per heavy atom. The van der Waals surface area contributed by atoms with Crippen LogP contribution < -0.4 is 5.32 Å². The first-order chi connectivity index (χ1) is 11.3. The second-order valence-corrected chi connectivity index (χ2v) is 7.52. The van der Waals surface area contributed by atoms with Gasteiger partial charge < -0.3 is 10.2 Å². The van der Waals surface area contributed by atoms with Crippen molar-refractivity contribution in [2.45, 2.75) is 37.8 Å². The first-order valence-electron chi connectivity index (χ1n) is 8.48. The lowest BCUT2D eigenvalue weighted by molar-refractivity contribution is 0.188. The largest absolute Gasteiger partial charge is 0.331 e. The summed E-state index contributed by atoms with van der Waals surface area (Å²) >= 11 is 1.75. The van der Waals surface area contributed by atoms with Crippen molar-refractivity contribution in [3.05, 3.63) is 58.3 Å². The molecule has 4 heteroatoms. The quantitative estimate of drug-likeness (QED) is 0.864. The van der Waals surface area contributed by atoms with Crippen LogP contribution in [0.5, 0.6) is 0 Å². The molecule has 2 amide bonds. The summed E-state index contributed by atoms with van der Waals surface area (Å²) in [6, 6.07) is 15.1. The maximum absolute atomic E-state index is 12.9. The van der Waals surface area contributed by atoms with E-state index in [1.165, 1.54) is 23.3 Å². The Bertz CT molecular complexity index is 651. The average molecular weight is 326 g/mol. The van der Waals surface area contributed by atoms with Gasteiger partial charge in [-0.05, 0) is 48.6 Å². The third kappa shape index (κ3) is 3.13. The van der Waals surface area contributed by atoms with Gasteiger partial charge in [-0.25, -0.2) is 4.79 Å². The Kier molecular flexibility index (Phi) is 4.08. The molecule has 23 heavy (non-hydrogen) atoms. The fourth-order valence-electron chi connectivity index (χ4n) is 3.57. The summed E-state index contributed by atoms with van der Waals surface area (Å²) in [6.45, 7) is 0.862. The van der Waals surface area contributed by atoms with Gasteiger partial charge in [-0.2, -0.15) is 0 Å². The minimum absolute atomic E-state index is 0.0988. The predicted octanol–water partition coefficient (Wildman–Crippen LogP) is 4.75. The lowest BCUT2D eigenvalue weighted by Crippen LogP contribution is -2.41. The molecule has 1 saturated heterocycles. The molecule has 2 aromatic rings. The van der Waals surface area contributed by atoms with Crippen LogP contribution in [-0.2, 0) is 0 Å². The molecule has 0 bridgehead atoms. The van der Waals surface area contributed by atoms with Gasteiger partial charge in [0.2, 0.25) is 0 Å². The first-order valence-corrected chi connectivity index (χ1v) is 9.36. The molecule has 120 valence electrons. The van der Waals surface area contributed by atoms with Gasteiger partial charge in [0, 0.05) is 11.4 Å². The highest BCUT2D eigenvalue weighted by Gasteiger charge is 2.36. The summed E-state index contributed by atoms with van der Waals surface area (Å²) in [5.41, 5.74) is 1.23. The van der Waals surface area contributed by atoms with Gasteiger partial charge in [0.1, 0.15) is 0 Å². The van der Waals surface area contributed by atoms with Crippen molar-refractivity contribution in [3.63, 3.8) is 0 Å². The Morgan fingerprint density at radius 1 is 1.13 bits per heavy atom. The van der Waals surface area contributed by atoms with Gasteiger partial charge >= 0.3 is 6.03 Å². The standard InChI is InChI=1S/C19H22N2OS/c22-19(21-12-4-8-16(21)17-9-5-13-23-17)20-18(15-10-11-15)14-6-2-1-3-7-14/h1-3,5-7,9,13,15-16,18H,4,8,10-12H2,(H,20,22). The number of likely N-dealkylation sites (tertiary alicyclic amines) is 1. The SMILES string of the molecule is O=C(NC(c1ccccc1)C1CC1)N1CCCC1c1cccs1. The second-order valence-electron chi connectivity index (χ2n) is 6.54. The van der Waals surface area contributed by atoms with E-state index >= 15 is 0 Å². The number of hydrogen-bond acceptors (Lipinski definition) is 2. The van der Waals surface area contributed by atoms with E-state index in [0.29, 0.717) is 5.92 Å². The van der Waals surface area contributed by atoms with Crippen molar-refractivity contribution in [2.75, 3.05) is 6.54 Å². The molecule has 0 radical (unpaired) electrons. The van der Waals surface area contributed by atoms with E-state index < -0.39 is 0 Å². The van der Waals surface area contributed by atoms with Gasteiger partial charge in [-0.3, -0.25) is 0 Å². The van der Waals surface area contributed by atoms with Crippen molar-refractivity contribution in [1.29, 1.82) is 0 Å². The van der Waals surface area contributed by atoms with Gasteiger partial charge in [-0.15, -0.1) is 11.3 Å². The van der Waals surface area contributed by atoms with E-state index in [-0.39, 0.29) is 18.1 Å². The maximum Gasteiger partial charge on any atom is 0.318 e. The number of amides is 2. The fourth-order valence-corrected chi connectivity index (χ4v) is 4.44. The average Bonchev–Trinajstić information content (AvgIpc) is 3.08. The zero-order valence-electron chi connectivity index (χ0n) is 13.2. The molecule has 2 fully saturated rings. The minimum Gasteiger partial charge on any atom is -0.331 e. The van der Waals surface area contributed by atoms with E-state index in [9.17, 15) is 4.79 Å². The monoisotopic (exact) mass is 326 g/mol. The topological polar surface area (TPSA) is 32.3 Å². The minimum atomic E-state index is 0.0988. The number of carbonyl (C=O) groups is 1. The van der Waals surface area contributed by atoms with Gasteiger partial charge in [0.05, 0.1) is 12.1 Å². The highest BCUT2D eigenvalue weighted by Crippen LogP contribution is 2.42. The number of rotatable bonds is 4. The first kappa shape index (κ1) is 14.8. The number of carbonyl (C=O) groups excluding carboxylic acids is 1. The molecule has 3 nitrogen and oxygen atoms in total. The summed E-state index contributed by atoms with van der Waals surface area (Å²) in [6.07, 6.45) is 4.60. The Balaban J connectivity index is 1.50. The van der Waals surface area contributed by atoms with Gasteiger partial charge in [0.25, 0.3) is 0 Å². The second kappa shape index (κ2) is 6.36. The van der Waals surface area contributed by atoms with E-state index in [4.69, 9.17) is 0 Å². The van der Waals surface area contributed by atoms with Crippen molar-refractivity contribution in [3.8, 4) is 0 Å². The molecule has 2 aliphatic rings. The lowest BCUT2D eigenvalue weighted by Gasteiger charge is -2.27. The molecular weight excluding hydrogens is 304 g/mol. The van der Waals surface area contributed by atoms with Gasteiger partial charge in [0.15, 0.2) is 0 Å². The third-order valence-corrected chi connectivity index (χ3v) is 5.89. The van der Waals surface area contributed by atoms with Crippen LogP contribution >= 0.6 is 11.3 Å². The number of benzene rings is 1. The highest BCUT2D eigenvalue weighted by atomic mass is 32.1. The van der Waals surface area contributed by atoms with Crippen LogP contribution in [0.4, 0.5) is 4.79 Å². The number of nitrogens with zero attached hydrogens (tertiary/aromatic N) is 1. The van der Waals surface area contributed by atoms with Crippen LogP contribution in [0, 0.1) is 5.92 Å². The van der Waals surface area contributed by atoms with Crippen molar-refractivity contribution < 1.29 is 4.79 Å². The summed E-state index contributed by atoms with van der Waals surface area (Å²) in [4.78, 5) is 16.2. The molecule has 1 saturated carbocycles. The van der Waals surface area contributed by atoms with Crippen LogP contribution in [0.1, 0.15) is 48.2 Å². The van der Waals surface area contributed by atoms with Crippen LogP contribution in [0.2, 0.25) is 0 Å². The number of nitrogens with one attached hydrogen (secondary N) is 1. The smallest absolute Gasteiger partial charge is 0.318 e. The molecule has 1 aliphatic heterocycles. The molecule has 4 rings (SSSR count). The van der Waals surface area contributed by atoms with Crippen LogP contribution in [0.25, 0.3) is 0 Å². The highest BCUT2D eigenvalue weighted by molar-refractivity contribution is 7.10. The molecule has 1 aromatic heterocycles. The van der Waals surface area contributed by atoms with E-state index in [2.05, 4.69) is 47.1 Å². The van der Waals surface area contributed by atoms with E-state index in [0.717, 1.165) is 19.4 Å². The summed E-state index contributed by atoms with van der Waals surface area (Å²) < 4.78 is 0. The van der Waals surface area contributed by atoms with Gasteiger partial charge in [-0.1, -0.05) is 36.4 Å². The maximum atomic E-state index is 12.9. The zero-order chi connectivity index (χ0) is 15.6. The zero-order valence-corrected chi connectivity index (χ0v) is 14.0. The molecule has 1 aromatic carbocycles. The summed E-state index contributed by atoms with van der Waals surface area (Å²) in [5.74, 6) is 0.601. The number of hydrogen-bond donors (Lipinski definition) is 1. The molecule has 1 aliphatic carbocycles. The van der Waals surface area contributed by atoms with E-state index in [1.54, 1.807) is 11.3 Å². The van der Waals surface area contributed by atoms with E-state index in [1.807, 2.05) is 11.0 Å². The Labute approximate surface area is 141 Å². The number of thiophene rings is 1. The molecule has 2 unspecified atom stereocenters. The molecule has 2 heterocycles. The summed E-state index contributed by atoms with van der Waals surface area (Å²) in [7, 11) is 0. The lowest BCUT2D eigenvalue weighted by atomic mass is 10.0. The van der Waals surface area contributed by atoms with Crippen LogP contribution in [0.15, 0.2) is 47.8 Å². The Morgan fingerprint density at radius 2 is 1.96 bits per heavy atom. The van der Waals surface area contributed by atoms with Crippen LogP contribution in [-0.4, -0.2) is 17.5 Å². The van der Waals surface area contributed by atoms with Crippen molar-refractivity contribution in [1.82, 2.24) is 10.2 Å². The van der Waals surface area contributed by atoms with Crippen molar-refractivity contribution >= 4 is 17.4 Å². The van der Waals surface area contributed by atoms with Crippen molar-refractivity contribution in [2.24, 2.45) is 5.92 Å². The summed E-state index contributed by atoms with van der Waals surface area (Å²) in [5, 5.41) is 5.42. The predicted molar refractivity (Wildman–Crippen MR) is 93.4 cm³/mol. The molecule has 2 atom stereocenters. The number of urea groups is 1. The normalized spacial score (nSPS) is 22.1. The molecule has 1 N–H and O–H groups in total. The molecular formula is C19H22N2OS. The Hall–Kier alpha value is -1.81. The fraction of sp³-hybridized carbons (Fsp3) is 0.421. The van der Waals surface area contributed by atoms with Crippen LogP contribution in [0.3, 0.4) is 0 Å². The molecule has 0 spiro atoms. The third-order valence-electron chi connectivity index (χ3n) is 4.92.